The van der Waals surface area contributed by atoms with Crippen LogP contribution in [0.25, 0.3) is 22.4 Å². The number of aromatic amines is 2. The number of thiophene rings is 1. The molecular weight excluding hydrogens is 368 g/mol. The second-order valence-corrected chi connectivity index (χ2v) is 7.52. The fourth-order valence-corrected chi connectivity index (χ4v) is 3.68. The van der Waals surface area contributed by atoms with Crippen molar-refractivity contribution in [2.75, 3.05) is 5.32 Å². The van der Waals surface area contributed by atoms with Crippen molar-refractivity contribution in [1.82, 2.24) is 15.2 Å². The number of nitrogens with one attached hydrogen (secondary N) is 3. The van der Waals surface area contributed by atoms with Crippen LogP contribution in [0.5, 0.6) is 0 Å². The predicted molar refractivity (Wildman–Crippen MR) is 107 cm³/mol. The molecule has 0 saturated carbocycles. The number of H-pyrrole nitrogens is 2. The third-order valence-corrected chi connectivity index (χ3v) is 5.18. The Labute approximate surface area is 158 Å². The lowest BCUT2D eigenvalue weighted by Crippen LogP contribution is -2.08. The molecule has 0 aliphatic heterocycles. The number of aromatic nitrogens is 3. The van der Waals surface area contributed by atoms with Crippen LogP contribution in [0.4, 0.5) is 5.82 Å². The van der Waals surface area contributed by atoms with Gasteiger partial charge in [0.2, 0.25) is 0 Å². The van der Waals surface area contributed by atoms with Crippen LogP contribution in [0, 0.1) is 0 Å². The smallest absolute Gasteiger partial charge is 0.257 e. The molecule has 0 spiro atoms. The summed E-state index contributed by atoms with van der Waals surface area (Å²) in [5.74, 6) is 0.744. The van der Waals surface area contributed by atoms with Gasteiger partial charge < -0.3 is 10.3 Å². The SMILES string of the molecule is O=c1[nH]cc(-c2ccccc2)cc1-c1cc(NCc2ccc(Cl)s2)[nH]n1. The molecule has 130 valence electrons. The van der Waals surface area contributed by atoms with Crippen LogP contribution in [0.2, 0.25) is 4.34 Å². The molecule has 1 aromatic carbocycles. The zero-order valence-corrected chi connectivity index (χ0v) is 15.2. The molecule has 0 fully saturated rings. The molecule has 3 N–H and O–H groups in total. The summed E-state index contributed by atoms with van der Waals surface area (Å²) < 4.78 is 0.761. The normalized spacial score (nSPS) is 10.8. The van der Waals surface area contributed by atoms with Crippen LogP contribution in [0.15, 0.2) is 65.6 Å². The van der Waals surface area contributed by atoms with Crippen molar-refractivity contribution in [3.63, 3.8) is 0 Å². The van der Waals surface area contributed by atoms with E-state index in [-0.39, 0.29) is 5.56 Å². The fourth-order valence-electron chi connectivity index (χ4n) is 2.65. The minimum Gasteiger partial charge on any atom is -0.366 e. The van der Waals surface area contributed by atoms with Crippen LogP contribution in [0.3, 0.4) is 0 Å². The van der Waals surface area contributed by atoms with Crippen molar-refractivity contribution >= 4 is 28.8 Å². The van der Waals surface area contributed by atoms with Gasteiger partial charge in [0.05, 0.1) is 22.1 Å². The van der Waals surface area contributed by atoms with E-state index in [4.69, 9.17) is 11.6 Å². The Balaban J connectivity index is 1.58. The Hall–Kier alpha value is -2.83. The highest BCUT2D eigenvalue weighted by Gasteiger charge is 2.10. The number of anilines is 1. The van der Waals surface area contributed by atoms with Crippen molar-refractivity contribution < 1.29 is 0 Å². The minimum atomic E-state index is -0.173. The van der Waals surface area contributed by atoms with E-state index in [1.165, 1.54) is 11.3 Å². The fraction of sp³-hybridized carbons (Fsp3) is 0.0526. The summed E-state index contributed by atoms with van der Waals surface area (Å²) in [5, 5.41) is 10.4. The summed E-state index contributed by atoms with van der Waals surface area (Å²) in [6.45, 7) is 0.638. The Bertz CT molecular complexity index is 1080. The second kappa shape index (κ2) is 7.19. The van der Waals surface area contributed by atoms with Crippen LogP contribution in [0.1, 0.15) is 4.88 Å². The molecule has 0 amide bonds. The number of benzene rings is 1. The van der Waals surface area contributed by atoms with E-state index in [1.54, 1.807) is 6.20 Å². The summed E-state index contributed by atoms with van der Waals surface area (Å²) in [6.07, 6.45) is 1.72. The van der Waals surface area contributed by atoms with Gasteiger partial charge in [-0.3, -0.25) is 9.89 Å². The highest BCUT2D eigenvalue weighted by molar-refractivity contribution is 7.16. The molecule has 4 rings (SSSR count). The van der Waals surface area contributed by atoms with Gasteiger partial charge in [0.25, 0.3) is 5.56 Å². The molecule has 5 nitrogen and oxygen atoms in total. The van der Waals surface area contributed by atoms with E-state index in [9.17, 15) is 4.79 Å². The molecule has 3 heterocycles. The summed E-state index contributed by atoms with van der Waals surface area (Å²) in [4.78, 5) is 16.2. The maximum atomic E-state index is 12.3. The summed E-state index contributed by atoms with van der Waals surface area (Å²) in [7, 11) is 0. The van der Waals surface area contributed by atoms with Gasteiger partial charge in [0.15, 0.2) is 0 Å². The van der Waals surface area contributed by atoms with Crippen molar-refractivity contribution in [2.45, 2.75) is 6.54 Å². The number of hydrogen-bond donors (Lipinski definition) is 3. The molecule has 0 radical (unpaired) electrons. The standard InChI is InChI=1S/C19H15ClN4OS/c20-17-7-6-14(26-17)11-21-18-9-16(23-24-18)15-8-13(10-22-19(15)25)12-4-2-1-3-5-12/h1-10H,11H2,(H,22,25)(H2,21,23,24). The van der Waals surface area contributed by atoms with E-state index in [0.29, 0.717) is 17.8 Å². The number of rotatable bonds is 5. The maximum absolute atomic E-state index is 12.3. The molecular formula is C19H15ClN4OS. The van der Waals surface area contributed by atoms with Crippen LogP contribution in [-0.2, 0) is 6.54 Å². The van der Waals surface area contributed by atoms with Gasteiger partial charge in [-0.1, -0.05) is 41.9 Å². The number of pyridine rings is 1. The Kier molecular flexibility index (Phi) is 4.60. The number of halogens is 1. The molecule has 0 bridgehead atoms. The number of nitrogens with zero attached hydrogens (tertiary/aromatic N) is 1. The van der Waals surface area contributed by atoms with Gasteiger partial charge in [-0.2, -0.15) is 5.10 Å². The molecule has 0 unspecified atom stereocenters. The Morgan fingerprint density at radius 1 is 1.08 bits per heavy atom. The lowest BCUT2D eigenvalue weighted by atomic mass is 10.0. The molecule has 0 atom stereocenters. The van der Waals surface area contributed by atoms with E-state index in [1.807, 2.05) is 54.6 Å². The van der Waals surface area contributed by atoms with E-state index < -0.39 is 0 Å². The number of hydrogen-bond acceptors (Lipinski definition) is 4. The third kappa shape index (κ3) is 3.56. The monoisotopic (exact) mass is 382 g/mol. The van der Waals surface area contributed by atoms with Crippen molar-refractivity contribution in [2.24, 2.45) is 0 Å². The van der Waals surface area contributed by atoms with Crippen molar-refractivity contribution in [3.05, 3.63) is 80.4 Å². The molecule has 0 aliphatic rings. The first-order chi connectivity index (χ1) is 12.7. The first kappa shape index (κ1) is 16.6. The lowest BCUT2D eigenvalue weighted by Gasteiger charge is -2.03. The van der Waals surface area contributed by atoms with Gasteiger partial charge in [0.1, 0.15) is 5.82 Å². The zero-order chi connectivity index (χ0) is 17.9. The first-order valence-corrected chi connectivity index (χ1v) is 9.20. The highest BCUT2D eigenvalue weighted by Crippen LogP contribution is 2.24. The lowest BCUT2D eigenvalue weighted by molar-refractivity contribution is 1.06. The summed E-state index contributed by atoms with van der Waals surface area (Å²) >= 11 is 7.47. The topological polar surface area (TPSA) is 73.6 Å². The quantitative estimate of drug-likeness (QED) is 0.466. The van der Waals surface area contributed by atoms with E-state index in [0.717, 1.165) is 26.2 Å². The maximum Gasteiger partial charge on any atom is 0.257 e. The zero-order valence-electron chi connectivity index (χ0n) is 13.6. The van der Waals surface area contributed by atoms with Gasteiger partial charge in [0, 0.05) is 17.1 Å². The summed E-state index contributed by atoms with van der Waals surface area (Å²) in [5.41, 5.74) is 2.91. The highest BCUT2D eigenvalue weighted by atomic mass is 35.5. The van der Waals surface area contributed by atoms with E-state index >= 15 is 0 Å². The molecule has 0 saturated heterocycles. The van der Waals surface area contributed by atoms with Crippen molar-refractivity contribution in [1.29, 1.82) is 0 Å². The van der Waals surface area contributed by atoms with Crippen LogP contribution >= 0.6 is 22.9 Å². The average molecular weight is 383 g/mol. The van der Waals surface area contributed by atoms with Crippen LogP contribution in [-0.4, -0.2) is 15.2 Å². The molecule has 0 aliphatic carbocycles. The molecule has 7 heteroatoms. The second-order valence-electron chi connectivity index (χ2n) is 5.72. The summed E-state index contributed by atoms with van der Waals surface area (Å²) in [6, 6.07) is 17.4. The van der Waals surface area contributed by atoms with Gasteiger partial charge in [-0.15, -0.1) is 11.3 Å². The van der Waals surface area contributed by atoms with Gasteiger partial charge in [-0.25, -0.2) is 0 Å². The van der Waals surface area contributed by atoms with Crippen molar-refractivity contribution in [3.8, 4) is 22.4 Å². The van der Waals surface area contributed by atoms with Crippen LogP contribution < -0.4 is 10.9 Å². The van der Waals surface area contributed by atoms with Gasteiger partial charge in [-0.05, 0) is 29.3 Å². The Morgan fingerprint density at radius 3 is 2.69 bits per heavy atom. The predicted octanol–water partition coefficient (Wildman–Crippen LogP) is 4.76. The molecule has 26 heavy (non-hydrogen) atoms. The van der Waals surface area contributed by atoms with Gasteiger partial charge >= 0.3 is 0 Å². The average Bonchev–Trinajstić information content (AvgIpc) is 3.30. The Morgan fingerprint density at radius 2 is 1.92 bits per heavy atom. The molecule has 3 aromatic heterocycles. The first-order valence-electron chi connectivity index (χ1n) is 8.01. The third-order valence-electron chi connectivity index (χ3n) is 3.95. The van der Waals surface area contributed by atoms with E-state index in [2.05, 4.69) is 20.5 Å². The largest absolute Gasteiger partial charge is 0.366 e. The molecule has 4 aromatic rings. The minimum absolute atomic E-state index is 0.173.